The highest BCUT2D eigenvalue weighted by molar-refractivity contribution is 5.01. The number of rotatable bonds is 0. The number of likely N-dealkylation sites (N-methyl/N-ethyl adjacent to an activating group) is 1. The third-order valence-corrected chi connectivity index (χ3v) is 3.72. The Morgan fingerprint density at radius 1 is 1.27 bits per heavy atom. The van der Waals surface area contributed by atoms with Crippen LogP contribution in [0.4, 0.5) is 0 Å². The van der Waals surface area contributed by atoms with Gasteiger partial charge in [0, 0.05) is 12.1 Å². The number of fused-ring (bicyclic) bond motifs is 2. The van der Waals surface area contributed by atoms with Crippen molar-refractivity contribution >= 4 is 0 Å². The molecule has 3 heterocycles. The first-order valence-corrected chi connectivity index (χ1v) is 4.72. The highest BCUT2D eigenvalue weighted by Crippen LogP contribution is 2.42. The van der Waals surface area contributed by atoms with Crippen molar-refractivity contribution in [2.24, 2.45) is 0 Å². The van der Waals surface area contributed by atoms with E-state index in [-0.39, 0.29) is 0 Å². The maximum Gasteiger partial charge on any atom is 0.0748 e. The standard InChI is InChI=1S/C9H15NO/c1-10-6-4-7-2-3-8(10)9(5-6)11-7/h6-9H,2-5H2,1H3. The summed E-state index contributed by atoms with van der Waals surface area (Å²) in [4.78, 5) is 2.55. The van der Waals surface area contributed by atoms with E-state index in [9.17, 15) is 0 Å². The molecule has 0 saturated carbocycles. The van der Waals surface area contributed by atoms with Crippen LogP contribution in [0.15, 0.2) is 0 Å². The van der Waals surface area contributed by atoms with Gasteiger partial charge in [0.1, 0.15) is 0 Å². The fraction of sp³-hybridized carbons (Fsp3) is 1.00. The molecule has 3 fully saturated rings. The summed E-state index contributed by atoms with van der Waals surface area (Å²) < 4.78 is 5.90. The van der Waals surface area contributed by atoms with Crippen LogP contribution in [0.1, 0.15) is 25.7 Å². The van der Waals surface area contributed by atoms with Crippen molar-refractivity contribution in [1.82, 2.24) is 4.90 Å². The zero-order valence-electron chi connectivity index (χ0n) is 6.99. The molecule has 4 atom stereocenters. The molecule has 3 aliphatic heterocycles. The van der Waals surface area contributed by atoms with Crippen LogP contribution < -0.4 is 0 Å². The third-order valence-electron chi connectivity index (χ3n) is 3.72. The molecule has 0 amide bonds. The molecule has 0 aromatic carbocycles. The summed E-state index contributed by atoms with van der Waals surface area (Å²) >= 11 is 0. The molecule has 0 aromatic rings. The van der Waals surface area contributed by atoms with E-state index in [1.807, 2.05) is 0 Å². The topological polar surface area (TPSA) is 12.5 Å². The summed E-state index contributed by atoms with van der Waals surface area (Å²) in [5.74, 6) is 0. The van der Waals surface area contributed by atoms with Crippen molar-refractivity contribution < 1.29 is 4.74 Å². The fourth-order valence-electron chi connectivity index (χ4n) is 3.07. The number of likely N-dealkylation sites (tertiary alicyclic amines) is 1. The molecule has 0 aromatic heterocycles. The molecule has 0 spiro atoms. The summed E-state index contributed by atoms with van der Waals surface area (Å²) in [6, 6.07) is 1.62. The Labute approximate surface area is 67.5 Å². The van der Waals surface area contributed by atoms with Gasteiger partial charge in [0.2, 0.25) is 0 Å². The monoisotopic (exact) mass is 153 g/mol. The Balaban J connectivity index is 1.96. The third kappa shape index (κ3) is 0.744. The second kappa shape index (κ2) is 1.99. The van der Waals surface area contributed by atoms with Crippen LogP contribution in [0.25, 0.3) is 0 Å². The van der Waals surface area contributed by atoms with E-state index in [4.69, 9.17) is 4.74 Å². The van der Waals surface area contributed by atoms with Crippen molar-refractivity contribution in [1.29, 1.82) is 0 Å². The van der Waals surface area contributed by atoms with E-state index in [1.54, 1.807) is 0 Å². The van der Waals surface area contributed by atoms with E-state index in [0.717, 1.165) is 12.1 Å². The summed E-state index contributed by atoms with van der Waals surface area (Å²) in [6.45, 7) is 0. The van der Waals surface area contributed by atoms with Gasteiger partial charge in [-0.05, 0) is 32.7 Å². The average Bonchev–Trinajstić information content (AvgIpc) is 2.14. The van der Waals surface area contributed by atoms with Gasteiger partial charge < -0.3 is 4.74 Å². The fourth-order valence-corrected chi connectivity index (χ4v) is 3.07. The lowest BCUT2D eigenvalue weighted by Gasteiger charge is -2.33. The largest absolute Gasteiger partial charge is 0.373 e. The van der Waals surface area contributed by atoms with Crippen molar-refractivity contribution in [2.45, 2.75) is 50.0 Å². The lowest BCUT2D eigenvalue weighted by molar-refractivity contribution is -0.0703. The molecule has 4 unspecified atom stereocenters. The smallest absolute Gasteiger partial charge is 0.0748 e. The van der Waals surface area contributed by atoms with E-state index >= 15 is 0 Å². The molecule has 2 heteroatoms. The van der Waals surface area contributed by atoms with Gasteiger partial charge in [-0.3, -0.25) is 4.90 Å². The van der Waals surface area contributed by atoms with Crippen LogP contribution in [-0.4, -0.2) is 36.2 Å². The second-order valence-electron chi connectivity index (χ2n) is 4.23. The predicted molar refractivity (Wildman–Crippen MR) is 42.5 cm³/mol. The Kier molecular flexibility index (Phi) is 1.16. The maximum atomic E-state index is 5.90. The van der Waals surface area contributed by atoms with E-state index < -0.39 is 0 Å². The molecular weight excluding hydrogens is 138 g/mol. The second-order valence-corrected chi connectivity index (χ2v) is 4.23. The maximum absolute atomic E-state index is 5.90. The number of hydrogen-bond acceptors (Lipinski definition) is 2. The van der Waals surface area contributed by atoms with Crippen LogP contribution in [0.3, 0.4) is 0 Å². The first-order valence-electron chi connectivity index (χ1n) is 4.72. The quantitative estimate of drug-likeness (QED) is 0.515. The average molecular weight is 153 g/mol. The number of nitrogens with zero attached hydrogens (tertiary/aromatic N) is 1. The molecular formula is C9H15NO. The van der Waals surface area contributed by atoms with Crippen molar-refractivity contribution in [3.05, 3.63) is 0 Å². The Morgan fingerprint density at radius 3 is 3.09 bits per heavy atom. The van der Waals surface area contributed by atoms with Gasteiger partial charge in [0.05, 0.1) is 12.2 Å². The molecule has 62 valence electrons. The first-order chi connectivity index (χ1) is 5.34. The normalized spacial score (nSPS) is 55.4. The molecule has 0 N–H and O–H groups in total. The van der Waals surface area contributed by atoms with E-state index in [2.05, 4.69) is 11.9 Å². The summed E-state index contributed by atoms with van der Waals surface area (Å²) in [5.41, 5.74) is 0. The first kappa shape index (κ1) is 6.44. The van der Waals surface area contributed by atoms with Gasteiger partial charge in [0.25, 0.3) is 0 Å². The molecule has 3 rings (SSSR count). The molecule has 3 aliphatic rings. The highest BCUT2D eigenvalue weighted by atomic mass is 16.5. The lowest BCUT2D eigenvalue weighted by atomic mass is 9.92. The summed E-state index contributed by atoms with van der Waals surface area (Å²) in [7, 11) is 2.27. The summed E-state index contributed by atoms with van der Waals surface area (Å²) in [6.07, 6.45) is 6.49. The zero-order chi connectivity index (χ0) is 7.42. The van der Waals surface area contributed by atoms with E-state index in [0.29, 0.717) is 12.2 Å². The van der Waals surface area contributed by atoms with E-state index in [1.165, 1.54) is 25.7 Å². The van der Waals surface area contributed by atoms with Gasteiger partial charge in [0.15, 0.2) is 0 Å². The van der Waals surface area contributed by atoms with Crippen molar-refractivity contribution in [2.75, 3.05) is 7.05 Å². The molecule has 0 aliphatic carbocycles. The number of ether oxygens (including phenoxy) is 1. The summed E-state index contributed by atoms with van der Waals surface area (Å²) in [5, 5.41) is 0. The Bertz CT molecular complexity index is 178. The van der Waals surface area contributed by atoms with Gasteiger partial charge >= 0.3 is 0 Å². The minimum absolute atomic E-state index is 0.595. The van der Waals surface area contributed by atoms with Crippen molar-refractivity contribution in [3.8, 4) is 0 Å². The number of hydrogen-bond donors (Lipinski definition) is 0. The van der Waals surface area contributed by atoms with Crippen LogP contribution in [0, 0.1) is 0 Å². The highest BCUT2D eigenvalue weighted by Gasteiger charge is 2.48. The predicted octanol–water partition coefficient (Wildman–Crippen LogP) is 1.01. The van der Waals surface area contributed by atoms with Gasteiger partial charge in [-0.25, -0.2) is 0 Å². The Morgan fingerprint density at radius 2 is 2.18 bits per heavy atom. The van der Waals surface area contributed by atoms with Gasteiger partial charge in [-0.2, -0.15) is 0 Å². The van der Waals surface area contributed by atoms with Gasteiger partial charge in [-0.15, -0.1) is 0 Å². The zero-order valence-corrected chi connectivity index (χ0v) is 6.99. The van der Waals surface area contributed by atoms with Crippen LogP contribution in [-0.2, 0) is 4.74 Å². The SMILES string of the molecule is CN1C2CC3CCC1C(C2)O3. The minimum Gasteiger partial charge on any atom is -0.373 e. The van der Waals surface area contributed by atoms with Crippen LogP contribution >= 0.6 is 0 Å². The molecule has 3 saturated heterocycles. The van der Waals surface area contributed by atoms with Crippen LogP contribution in [0.5, 0.6) is 0 Å². The lowest BCUT2D eigenvalue weighted by Crippen LogP contribution is -2.38. The molecule has 2 nitrogen and oxygen atoms in total. The van der Waals surface area contributed by atoms with Crippen LogP contribution in [0.2, 0.25) is 0 Å². The molecule has 0 radical (unpaired) electrons. The Hall–Kier alpha value is -0.0800. The minimum atomic E-state index is 0.595. The van der Waals surface area contributed by atoms with Crippen molar-refractivity contribution in [3.63, 3.8) is 0 Å². The molecule has 11 heavy (non-hydrogen) atoms. The van der Waals surface area contributed by atoms with Gasteiger partial charge in [-0.1, -0.05) is 0 Å². The molecule has 3 bridgehead atoms.